The van der Waals surface area contributed by atoms with Crippen molar-refractivity contribution >= 4 is 17.7 Å². The number of ether oxygens (including phenoxy) is 2. The fourth-order valence-corrected chi connectivity index (χ4v) is 2.65. The summed E-state index contributed by atoms with van der Waals surface area (Å²) >= 11 is 1.48. The second-order valence-corrected chi connectivity index (χ2v) is 5.64. The van der Waals surface area contributed by atoms with Crippen LogP contribution in [0.3, 0.4) is 0 Å². The Balaban J connectivity index is 1.80. The number of benzene rings is 2. The smallest absolute Gasteiger partial charge is 0.230 e. The molecule has 0 heterocycles. The summed E-state index contributed by atoms with van der Waals surface area (Å²) < 4.78 is 10.3. The lowest BCUT2D eigenvalue weighted by Gasteiger charge is -2.07. The summed E-state index contributed by atoms with van der Waals surface area (Å²) in [6.45, 7) is 0.495. The fourth-order valence-electron chi connectivity index (χ4n) is 1.87. The van der Waals surface area contributed by atoms with Crippen LogP contribution in [0.1, 0.15) is 5.56 Å². The third-order valence-electron chi connectivity index (χ3n) is 3.03. The van der Waals surface area contributed by atoms with E-state index in [9.17, 15) is 4.79 Å². The first-order chi connectivity index (χ1) is 10.7. The quantitative estimate of drug-likeness (QED) is 0.797. The topological polar surface area (TPSA) is 47.6 Å². The van der Waals surface area contributed by atoms with Crippen molar-refractivity contribution in [2.24, 2.45) is 0 Å². The van der Waals surface area contributed by atoms with Crippen LogP contribution in [0.25, 0.3) is 0 Å². The third-order valence-corrected chi connectivity index (χ3v) is 4.03. The minimum Gasteiger partial charge on any atom is -0.497 e. The van der Waals surface area contributed by atoms with Crippen molar-refractivity contribution in [3.05, 3.63) is 54.1 Å². The van der Waals surface area contributed by atoms with Gasteiger partial charge in [-0.3, -0.25) is 4.79 Å². The van der Waals surface area contributed by atoms with E-state index in [1.807, 2.05) is 48.5 Å². The highest BCUT2D eigenvalue weighted by Crippen LogP contribution is 2.22. The van der Waals surface area contributed by atoms with Gasteiger partial charge in [-0.1, -0.05) is 18.2 Å². The Kier molecular flexibility index (Phi) is 6.15. The molecule has 4 nitrogen and oxygen atoms in total. The molecule has 2 aromatic carbocycles. The maximum atomic E-state index is 11.9. The zero-order valence-corrected chi connectivity index (χ0v) is 13.5. The molecule has 0 aliphatic rings. The summed E-state index contributed by atoms with van der Waals surface area (Å²) in [7, 11) is 3.26. The lowest BCUT2D eigenvalue weighted by molar-refractivity contribution is -0.118. The second-order valence-electron chi connectivity index (χ2n) is 4.60. The number of carbonyl (C=O) groups is 1. The van der Waals surface area contributed by atoms with Crippen LogP contribution in [0.4, 0.5) is 0 Å². The van der Waals surface area contributed by atoms with Crippen molar-refractivity contribution in [3.8, 4) is 11.5 Å². The number of hydrogen-bond acceptors (Lipinski definition) is 4. The zero-order chi connectivity index (χ0) is 15.8. The van der Waals surface area contributed by atoms with E-state index in [0.29, 0.717) is 12.3 Å². The number of rotatable bonds is 7. The maximum absolute atomic E-state index is 11.9. The van der Waals surface area contributed by atoms with Crippen molar-refractivity contribution in [3.63, 3.8) is 0 Å². The molecule has 116 valence electrons. The minimum atomic E-state index is -0.00404. The molecule has 0 spiro atoms. The summed E-state index contributed by atoms with van der Waals surface area (Å²) in [6, 6.07) is 15.3. The van der Waals surface area contributed by atoms with E-state index < -0.39 is 0 Å². The average molecular weight is 317 g/mol. The molecule has 0 aliphatic carbocycles. The van der Waals surface area contributed by atoms with Gasteiger partial charge in [0, 0.05) is 11.4 Å². The van der Waals surface area contributed by atoms with Crippen molar-refractivity contribution in [1.82, 2.24) is 5.32 Å². The standard InChI is InChI=1S/C17H19NO3S/c1-20-14-6-3-5-13(9-14)11-18-17(19)12-22-16-8-4-7-15(10-16)21-2/h3-10H,11-12H2,1-2H3,(H,18,19). The summed E-state index contributed by atoms with van der Waals surface area (Å²) in [6.07, 6.45) is 0. The van der Waals surface area contributed by atoms with Crippen LogP contribution in [-0.4, -0.2) is 25.9 Å². The Morgan fingerprint density at radius 3 is 2.45 bits per heavy atom. The molecule has 0 radical (unpaired) electrons. The van der Waals surface area contributed by atoms with Gasteiger partial charge >= 0.3 is 0 Å². The number of methoxy groups -OCH3 is 2. The van der Waals surface area contributed by atoms with Crippen molar-refractivity contribution < 1.29 is 14.3 Å². The van der Waals surface area contributed by atoms with Crippen molar-refractivity contribution in [2.75, 3.05) is 20.0 Å². The van der Waals surface area contributed by atoms with Gasteiger partial charge < -0.3 is 14.8 Å². The van der Waals surface area contributed by atoms with Gasteiger partial charge in [0.15, 0.2) is 0 Å². The van der Waals surface area contributed by atoms with E-state index in [4.69, 9.17) is 9.47 Å². The van der Waals surface area contributed by atoms with E-state index in [1.54, 1.807) is 14.2 Å². The molecule has 0 aliphatic heterocycles. The Hall–Kier alpha value is -2.14. The number of hydrogen-bond donors (Lipinski definition) is 1. The number of nitrogens with one attached hydrogen (secondary N) is 1. The SMILES string of the molecule is COc1cccc(CNC(=O)CSc2cccc(OC)c2)c1. The van der Waals surface area contributed by atoms with Crippen LogP contribution in [0.5, 0.6) is 11.5 Å². The lowest BCUT2D eigenvalue weighted by atomic mass is 10.2. The van der Waals surface area contributed by atoms with Gasteiger partial charge in [-0.2, -0.15) is 0 Å². The van der Waals surface area contributed by atoms with Crippen LogP contribution in [0.15, 0.2) is 53.4 Å². The molecule has 0 atom stereocenters. The van der Waals surface area contributed by atoms with Crippen LogP contribution in [0, 0.1) is 0 Å². The highest BCUT2D eigenvalue weighted by molar-refractivity contribution is 8.00. The predicted molar refractivity (Wildman–Crippen MR) is 88.6 cm³/mol. The number of carbonyl (C=O) groups excluding carboxylic acids is 1. The first-order valence-electron chi connectivity index (χ1n) is 6.88. The van der Waals surface area contributed by atoms with Crippen LogP contribution in [0.2, 0.25) is 0 Å². The van der Waals surface area contributed by atoms with E-state index in [2.05, 4.69) is 5.32 Å². The van der Waals surface area contributed by atoms with E-state index in [0.717, 1.165) is 22.0 Å². The average Bonchev–Trinajstić information content (AvgIpc) is 2.58. The van der Waals surface area contributed by atoms with Gasteiger partial charge in [0.2, 0.25) is 5.91 Å². The Morgan fingerprint density at radius 2 is 1.73 bits per heavy atom. The minimum absolute atomic E-state index is 0.00404. The molecule has 2 aromatic rings. The molecule has 2 rings (SSSR count). The first kappa shape index (κ1) is 16.2. The highest BCUT2D eigenvalue weighted by Gasteiger charge is 2.04. The third kappa shape index (κ3) is 5.00. The Labute approximate surface area is 134 Å². The van der Waals surface area contributed by atoms with Gasteiger partial charge in [-0.25, -0.2) is 0 Å². The molecule has 22 heavy (non-hydrogen) atoms. The first-order valence-corrected chi connectivity index (χ1v) is 7.86. The largest absolute Gasteiger partial charge is 0.497 e. The zero-order valence-electron chi connectivity index (χ0n) is 12.7. The van der Waals surface area contributed by atoms with Gasteiger partial charge in [0.05, 0.1) is 20.0 Å². The molecule has 0 saturated heterocycles. The molecule has 0 aromatic heterocycles. The van der Waals surface area contributed by atoms with Crippen LogP contribution < -0.4 is 14.8 Å². The molecular weight excluding hydrogens is 298 g/mol. The van der Waals surface area contributed by atoms with Crippen molar-refractivity contribution in [1.29, 1.82) is 0 Å². The van der Waals surface area contributed by atoms with Crippen LogP contribution in [-0.2, 0) is 11.3 Å². The van der Waals surface area contributed by atoms with Crippen molar-refractivity contribution in [2.45, 2.75) is 11.4 Å². The molecule has 1 N–H and O–H groups in total. The monoisotopic (exact) mass is 317 g/mol. The molecule has 1 amide bonds. The van der Waals surface area contributed by atoms with E-state index >= 15 is 0 Å². The van der Waals surface area contributed by atoms with Crippen LogP contribution >= 0.6 is 11.8 Å². The molecule has 0 fully saturated rings. The number of thioether (sulfide) groups is 1. The Bertz CT molecular complexity index is 577. The molecule has 0 saturated carbocycles. The van der Waals surface area contributed by atoms with E-state index in [-0.39, 0.29) is 5.91 Å². The van der Waals surface area contributed by atoms with Gasteiger partial charge in [-0.15, -0.1) is 11.8 Å². The molecule has 5 heteroatoms. The summed E-state index contributed by atoms with van der Waals surface area (Å²) in [5.74, 6) is 1.95. The number of amides is 1. The summed E-state index contributed by atoms with van der Waals surface area (Å²) in [5, 5.41) is 2.90. The molecule has 0 unspecified atom stereocenters. The highest BCUT2D eigenvalue weighted by atomic mass is 32.2. The van der Waals surface area contributed by atoms with Gasteiger partial charge in [0.25, 0.3) is 0 Å². The molecule has 0 bridgehead atoms. The Morgan fingerprint density at radius 1 is 1.05 bits per heavy atom. The second kappa shape index (κ2) is 8.34. The van der Waals surface area contributed by atoms with E-state index in [1.165, 1.54) is 11.8 Å². The fraction of sp³-hybridized carbons (Fsp3) is 0.235. The lowest BCUT2D eigenvalue weighted by Crippen LogP contribution is -2.24. The summed E-state index contributed by atoms with van der Waals surface area (Å²) in [5.41, 5.74) is 1.01. The van der Waals surface area contributed by atoms with Gasteiger partial charge in [-0.05, 0) is 35.9 Å². The van der Waals surface area contributed by atoms with Gasteiger partial charge in [0.1, 0.15) is 11.5 Å². The maximum Gasteiger partial charge on any atom is 0.230 e. The molecular formula is C17H19NO3S. The predicted octanol–water partition coefficient (Wildman–Crippen LogP) is 3.11. The summed E-state index contributed by atoms with van der Waals surface area (Å²) in [4.78, 5) is 12.9. The normalized spacial score (nSPS) is 10.1.